The van der Waals surface area contributed by atoms with Crippen molar-refractivity contribution in [1.82, 2.24) is 14.7 Å². The average molecular weight is 601 g/mol. The summed E-state index contributed by atoms with van der Waals surface area (Å²) in [6.07, 6.45) is 3.25. The number of benzene rings is 2. The number of nitrogens with one attached hydrogen (secondary N) is 1. The van der Waals surface area contributed by atoms with Crippen molar-refractivity contribution in [2.45, 2.75) is 25.9 Å². The Kier molecular flexibility index (Phi) is 7.53. The van der Waals surface area contributed by atoms with Gasteiger partial charge in [0, 0.05) is 43.0 Å². The highest BCUT2D eigenvalue weighted by atomic mass is 32.2. The molecule has 0 spiro atoms. The number of rotatable bonds is 8. The number of aromatic nitrogens is 2. The van der Waals surface area contributed by atoms with Crippen molar-refractivity contribution in [3.63, 3.8) is 0 Å². The summed E-state index contributed by atoms with van der Waals surface area (Å²) in [6, 6.07) is 12.5. The zero-order valence-electron chi connectivity index (χ0n) is 22.9. The molecule has 222 valence electrons. The molecule has 4 fully saturated rings. The van der Waals surface area contributed by atoms with Crippen LogP contribution in [0.15, 0.2) is 42.5 Å². The lowest BCUT2D eigenvalue weighted by Crippen LogP contribution is -2.50. The molecule has 4 aliphatic heterocycles. The zero-order chi connectivity index (χ0) is 29.5. The lowest BCUT2D eigenvalue weighted by atomic mass is 9.72. The van der Waals surface area contributed by atoms with E-state index in [1.165, 1.54) is 22.9 Å². The van der Waals surface area contributed by atoms with Gasteiger partial charge in [-0.05, 0) is 68.6 Å². The molecule has 2 aromatic carbocycles. The molecule has 0 atom stereocenters. The van der Waals surface area contributed by atoms with Crippen molar-refractivity contribution in [3.8, 4) is 28.8 Å². The van der Waals surface area contributed by atoms with Gasteiger partial charge in [-0.3, -0.25) is 0 Å². The van der Waals surface area contributed by atoms with Crippen LogP contribution in [0.1, 0.15) is 24.8 Å². The van der Waals surface area contributed by atoms with Gasteiger partial charge in [-0.1, -0.05) is 6.07 Å². The Morgan fingerprint density at radius 1 is 1.02 bits per heavy atom. The Morgan fingerprint density at radius 2 is 1.74 bits per heavy atom. The van der Waals surface area contributed by atoms with Gasteiger partial charge in [0.2, 0.25) is 0 Å². The van der Waals surface area contributed by atoms with Gasteiger partial charge in [-0.25, -0.2) is 17.5 Å². The summed E-state index contributed by atoms with van der Waals surface area (Å²) < 4.78 is 72.1. The molecule has 2 bridgehead atoms. The second-order valence-electron chi connectivity index (χ2n) is 11.2. The van der Waals surface area contributed by atoms with E-state index in [9.17, 15) is 26.9 Å². The van der Waals surface area contributed by atoms with Crippen LogP contribution < -0.4 is 15.0 Å². The second-order valence-corrected chi connectivity index (χ2v) is 13.6. The van der Waals surface area contributed by atoms with Crippen LogP contribution in [-0.2, 0) is 9.84 Å². The summed E-state index contributed by atoms with van der Waals surface area (Å²) in [5.74, 6) is -0.404. The molecular formula is C29H31F3N6O3S. The normalized spacial score (nSPS) is 23.1. The number of halogens is 3. The highest BCUT2D eigenvalue weighted by molar-refractivity contribution is 7.91. The minimum Gasteiger partial charge on any atom is -0.432 e. The molecular weight excluding hydrogens is 569 g/mol. The Hall–Kier alpha value is -3.76. The van der Waals surface area contributed by atoms with E-state index in [-0.39, 0.29) is 47.0 Å². The summed E-state index contributed by atoms with van der Waals surface area (Å²) in [7, 11) is -3.13. The van der Waals surface area contributed by atoms with Crippen molar-refractivity contribution in [2.24, 2.45) is 5.41 Å². The number of sulfone groups is 1. The second kappa shape index (κ2) is 11.1. The minimum atomic E-state index is -3.13. The first-order valence-electron chi connectivity index (χ1n) is 13.9. The van der Waals surface area contributed by atoms with Gasteiger partial charge < -0.3 is 19.9 Å². The summed E-state index contributed by atoms with van der Waals surface area (Å²) in [4.78, 5) is 4.27. The minimum absolute atomic E-state index is 0.0259. The summed E-state index contributed by atoms with van der Waals surface area (Å²) in [5.41, 5.74) is 1.63. The SMILES string of the molecule is N#Cc1ccc(-c2cc(NCC34CCN(CC3)CC4)nn2-c2ccc(N3CCS(=O)(=O)CC3)cc2OC(F)F)cc1F. The van der Waals surface area contributed by atoms with Crippen LogP contribution in [0, 0.1) is 22.6 Å². The number of fused-ring (bicyclic) bond motifs is 3. The number of ether oxygens (including phenoxy) is 1. The maximum absolute atomic E-state index is 14.7. The fraction of sp³-hybridized carbons (Fsp3) is 0.448. The third-order valence-electron chi connectivity index (χ3n) is 8.71. The molecule has 9 nitrogen and oxygen atoms in total. The number of piperidine rings is 3. The van der Waals surface area contributed by atoms with E-state index in [0.29, 0.717) is 29.3 Å². The van der Waals surface area contributed by atoms with Crippen molar-refractivity contribution in [1.29, 1.82) is 5.26 Å². The van der Waals surface area contributed by atoms with Crippen LogP contribution >= 0.6 is 0 Å². The molecule has 3 aromatic rings. The van der Waals surface area contributed by atoms with Gasteiger partial charge in [-0.15, -0.1) is 5.10 Å². The van der Waals surface area contributed by atoms with Gasteiger partial charge in [0.25, 0.3) is 0 Å². The molecule has 0 unspecified atom stereocenters. The number of hydrogen-bond acceptors (Lipinski definition) is 8. The quantitative estimate of drug-likeness (QED) is 0.409. The fourth-order valence-electron chi connectivity index (χ4n) is 6.10. The van der Waals surface area contributed by atoms with E-state index >= 15 is 0 Å². The Bertz CT molecular complexity index is 1600. The third kappa shape index (κ3) is 5.78. The number of anilines is 2. The molecule has 4 aliphatic rings. The molecule has 7 rings (SSSR count). The maximum Gasteiger partial charge on any atom is 0.387 e. The average Bonchev–Trinajstić information content (AvgIpc) is 3.41. The van der Waals surface area contributed by atoms with Gasteiger partial charge in [0.15, 0.2) is 15.6 Å². The van der Waals surface area contributed by atoms with E-state index in [0.717, 1.165) is 38.9 Å². The smallest absolute Gasteiger partial charge is 0.387 e. The monoisotopic (exact) mass is 600 g/mol. The highest BCUT2D eigenvalue weighted by Gasteiger charge is 2.39. The zero-order valence-corrected chi connectivity index (χ0v) is 23.7. The van der Waals surface area contributed by atoms with E-state index in [4.69, 9.17) is 9.84 Å². The topological polar surface area (TPSA) is 103 Å². The molecule has 1 N–H and O–H groups in total. The van der Waals surface area contributed by atoms with Crippen molar-refractivity contribution in [3.05, 3.63) is 53.8 Å². The first kappa shape index (κ1) is 28.4. The fourth-order valence-corrected chi connectivity index (χ4v) is 7.30. The summed E-state index contributed by atoms with van der Waals surface area (Å²) >= 11 is 0. The van der Waals surface area contributed by atoms with E-state index in [1.54, 1.807) is 24.3 Å². The Morgan fingerprint density at radius 3 is 2.38 bits per heavy atom. The molecule has 0 saturated carbocycles. The molecule has 4 saturated heterocycles. The van der Waals surface area contributed by atoms with Crippen LogP contribution in [0.25, 0.3) is 16.9 Å². The molecule has 5 heterocycles. The van der Waals surface area contributed by atoms with Crippen molar-refractivity contribution >= 4 is 21.3 Å². The molecule has 1 aromatic heterocycles. The Balaban J connectivity index is 1.38. The van der Waals surface area contributed by atoms with Gasteiger partial charge in [0.1, 0.15) is 23.4 Å². The van der Waals surface area contributed by atoms with Crippen LogP contribution in [0.4, 0.5) is 24.7 Å². The van der Waals surface area contributed by atoms with E-state index in [1.807, 2.05) is 11.0 Å². The van der Waals surface area contributed by atoms with Gasteiger partial charge in [0.05, 0.1) is 22.8 Å². The molecule has 0 aliphatic carbocycles. The standard InChI is InChI=1S/C29H31F3N6O3S/c30-23-15-20(1-2-21(23)18-33)25-17-27(34-19-29-5-8-36(9-6-29)10-7-29)35-38(25)24-4-3-22(16-26(24)41-28(31)32)37-11-13-42(39,40)14-12-37/h1-4,15-17,28H,5-14,19H2,(H,34,35). The van der Waals surface area contributed by atoms with Crippen LogP contribution in [0.2, 0.25) is 0 Å². The highest BCUT2D eigenvalue weighted by Crippen LogP contribution is 2.41. The third-order valence-corrected chi connectivity index (χ3v) is 10.3. The molecule has 0 amide bonds. The lowest BCUT2D eigenvalue weighted by Gasteiger charge is -2.48. The first-order chi connectivity index (χ1) is 20.1. The number of alkyl halides is 2. The number of nitriles is 1. The van der Waals surface area contributed by atoms with Gasteiger partial charge in [-0.2, -0.15) is 14.0 Å². The maximum atomic E-state index is 14.7. The summed E-state index contributed by atoms with van der Waals surface area (Å²) in [5, 5.41) is 17.4. The molecule has 0 radical (unpaired) electrons. The van der Waals surface area contributed by atoms with E-state index in [2.05, 4.69) is 10.2 Å². The predicted octanol–water partition coefficient (Wildman–Crippen LogP) is 4.28. The summed E-state index contributed by atoms with van der Waals surface area (Å²) in [6.45, 7) is 1.25. The number of hydrogen-bond donors (Lipinski definition) is 1. The first-order valence-corrected chi connectivity index (χ1v) is 15.8. The Labute approximate surface area is 242 Å². The van der Waals surface area contributed by atoms with Crippen LogP contribution in [-0.4, -0.2) is 80.5 Å². The van der Waals surface area contributed by atoms with Crippen LogP contribution in [0.5, 0.6) is 5.75 Å². The molecule has 42 heavy (non-hydrogen) atoms. The van der Waals surface area contributed by atoms with Gasteiger partial charge >= 0.3 is 6.61 Å². The van der Waals surface area contributed by atoms with Crippen molar-refractivity contribution < 1.29 is 26.3 Å². The largest absolute Gasteiger partial charge is 0.432 e. The lowest BCUT2D eigenvalue weighted by molar-refractivity contribution is -0.0498. The predicted molar refractivity (Wildman–Crippen MR) is 152 cm³/mol. The van der Waals surface area contributed by atoms with E-state index < -0.39 is 22.3 Å². The van der Waals surface area contributed by atoms with Crippen LogP contribution in [0.3, 0.4) is 0 Å². The number of nitrogens with zero attached hydrogens (tertiary/aromatic N) is 5. The van der Waals surface area contributed by atoms with Crippen molar-refractivity contribution in [2.75, 3.05) is 61.0 Å². The molecule has 13 heteroatoms.